The minimum Gasteiger partial charge on any atom is -0.421 e. The summed E-state index contributed by atoms with van der Waals surface area (Å²) in [7, 11) is -1.58. The van der Waals surface area contributed by atoms with Crippen molar-refractivity contribution < 1.29 is 19.2 Å². The molecule has 3 nitrogen and oxygen atoms in total. The summed E-state index contributed by atoms with van der Waals surface area (Å²) in [5, 5.41) is 8.81. The number of halogens is 1. The van der Waals surface area contributed by atoms with Crippen LogP contribution in [0.2, 0.25) is 0 Å². The van der Waals surface area contributed by atoms with Crippen LogP contribution in [-0.4, -0.2) is 18.4 Å². The lowest BCUT2D eigenvalue weighted by molar-refractivity contribution is -0.0267. The maximum absolute atomic E-state index is 11.4. The fraction of sp³-hybridized carbons (Fsp3) is 0. The van der Waals surface area contributed by atoms with Gasteiger partial charge < -0.3 is 5.02 Å². The zero-order valence-corrected chi connectivity index (χ0v) is 6.11. The van der Waals surface area contributed by atoms with Crippen molar-refractivity contribution in [3.63, 3.8) is 0 Å². The minimum absolute atomic E-state index is 0.267. The Labute approximate surface area is 68.8 Å². The molecule has 0 amide bonds. The van der Waals surface area contributed by atoms with Crippen molar-refractivity contribution in [2.75, 3.05) is 0 Å². The first kappa shape index (κ1) is 8.90. The molecule has 0 aliphatic carbocycles. The van der Waals surface area contributed by atoms with Crippen molar-refractivity contribution in [3.05, 3.63) is 29.8 Å². The zero-order chi connectivity index (χ0) is 8.97. The van der Waals surface area contributed by atoms with Crippen LogP contribution in [-0.2, 0) is 4.86 Å². The maximum Gasteiger partial charge on any atom is 0.529 e. The van der Waals surface area contributed by atoms with Crippen LogP contribution in [0.1, 0.15) is 10.4 Å². The molecule has 0 atom stereocenters. The molecule has 1 N–H and O–H groups in total. The zero-order valence-electron chi connectivity index (χ0n) is 6.11. The Bertz CT molecular complexity index is 262. The van der Waals surface area contributed by atoms with Crippen LogP contribution in [0.3, 0.4) is 0 Å². The van der Waals surface area contributed by atoms with Crippen molar-refractivity contribution in [1.82, 2.24) is 0 Å². The van der Waals surface area contributed by atoms with E-state index in [2.05, 4.69) is 4.86 Å². The van der Waals surface area contributed by atoms with Crippen molar-refractivity contribution in [3.8, 4) is 0 Å². The van der Waals surface area contributed by atoms with E-state index < -0.39 is 7.12 Å². The molecule has 1 aromatic carbocycles. The molecule has 0 saturated carbocycles. The molecule has 0 aliphatic rings. The smallest absolute Gasteiger partial charge is 0.421 e. The highest BCUT2D eigenvalue weighted by molar-refractivity contribution is 6.59. The van der Waals surface area contributed by atoms with Crippen LogP contribution in [0.15, 0.2) is 24.3 Å². The number of carbonyl (C=O) groups is 1. The van der Waals surface area contributed by atoms with Gasteiger partial charge in [-0.15, -0.1) is 0 Å². The first-order valence-electron chi connectivity index (χ1n) is 3.28. The first-order chi connectivity index (χ1) is 5.77. The Morgan fingerprint density at radius 2 is 2.00 bits per heavy atom. The molecule has 1 aromatic rings. The van der Waals surface area contributed by atoms with Gasteiger partial charge in [-0.2, -0.15) is 0 Å². The van der Waals surface area contributed by atoms with Gasteiger partial charge in [-0.05, 0) is 5.46 Å². The van der Waals surface area contributed by atoms with Crippen LogP contribution in [0, 0.1) is 0 Å². The SMILES string of the molecule is O=Cc1ccc(B(O)OF)cc1. The molecule has 0 heterocycles. The summed E-state index contributed by atoms with van der Waals surface area (Å²) in [6.45, 7) is 0. The molecule has 0 fully saturated rings. The lowest BCUT2D eigenvalue weighted by Gasteiger charge is -1.99. The van der Waals surface area contributed by atoms with Crippen molar-refractivity contribution in [2.24, 2.45) is 0 Å². The van der Waals surface area contributed by atoms with E-state index in [0.29, 0.717) is 11.8 Å². The van der Waals surface area contributed by atoms with E-state index in [1.807, 2.05) is 0 Å². The molecule has 1 rings (SSSR count). The lowest BCUT2D eigenvalue weighted by atomic mass is 9.80. The molecule has 0 spiro atoms. The summed E-state index contributed by atoms with van der Waals surface area (Å²) >= 11 is 0. The molecule has 0 aliphatic heterocycles. The second-order valence-electron chi connectivity index (χ2n) is 2.23. The summed E-state index contributed by atoms with van der Waals surface area (Å²) in [5.41, 5.74) is 0.730. The molecule has 0 aromatic heterocycles. The average Bonchev–Trinajstić information content (AvgIpc) is 2.17. The van der Waals surface area contributed by atoms with Crippen molar-refractivity contribution in [2.45, 2.75) is 0 Å². The van der Waals surface area contributed by atoms with Crippen LogP contribution in [0.5, 0.6) is 0 Å². The van der Waals surface area contributed by atoms with E-state index in [-0.39, 0.29) is 5.46 Å². The van der Waals surface area contributed by atoms with Gasteiger partial charge in [-0.3, -0.25) is 4.79 Å². The third kappa shape index (κ3) is 1.90. The van der Waals surface area contributed by atoms with E-state index >= 15 is 0 Å². The Morgan fingerprint density at radius 1 is 1.42 bits per heavy atom. The Balaban J connectivity index is 2.84. The standard InChI is InChI=1S/C7H6BFO3/c9-12-8(11)7-3-1-6(5-10)2-4-7/h1-5,11H. The topological polar surface area (TPSA) is 46.5 Å². The predicted octanol–water partition coefficient (Wildman–Crippen LogP) is 0.0877. The molecule has 12 heavy (non-hydrogen) atoms. The lowest BCUT2D eigenvalue weighted by Crippen LogP contribution is -2.30. The normalized spacial score (nSPS) is 9.50. The highest BCUT2D eigenvalue weighted by Crippen LogP contribution is 1.94. The summed E-state index contributed by atoms with van der Waals surface area (Å²) in [6, 6.07) is 5.75. The number of rotatable bonds is 3. The monoisotopic (exact) mass is 168 g/mol. The summed E-state index contributed by atoms with van der Waals surface area (Å²) in [6.07, 6.45) is 0.659. The molecule has 0 radical (unpaired) electrons. The van der Waals surface area contributed by atoms with Crippen LogP contribution < -0.4 is 5.46 Å². The number of carbonyl (C=O) groups excluding carboxylic acids is 1. The van der Waals surface area contributed by atoms with Crippen LogP contribution in [0.25, 0.3) is 0 Å². The van der Waals surface area contributed by atoms with E-state index in [4.69, 9.17) is 5.02 Å². The van der Waals surface area contributed by atoms with Gasteiger partial charge in [-0.25, -0.2) is 4.86 Å². The first-order valence-corrected chi connectivity index (χ1v) is 3.28. The quantitative estimate of drug-likeness (QED) is 0.513. The van der Waals surface area contributed by atoms with Gasteiger partial charge >= 0.3 is 7.12 Å². The summed E-state index contributed by atoms with van der Waals surface area (Å²) in [4.78, 5) is 13.4. The largest absolute Gasteiger partial charge is 0.529 e. The highest BCUT2D eigenvalue weighted by Gasteiger charge is 2.16. The third-order valence-electron chi connectivity index (χ3n) is 1.44. The second kappa shape index (κ2) is 3.99. The number of benzene rings is 1. The number of aldehydes is 1. The van der Waals surface area contributed by atoms with Crippen LogP contribution in [0.4, 0.5) is 4.53 Å². The Morgan fingerprint density at radius 3 is 2.42 bits per heavy atom. The molecular weight excluding hydrogens is 162 g/mol. The van der Waals surface area contributed by atoms with Crippen molar-refractivity contribution in [1.29, 1.82) is 0 Å². The van der Waals surface area contributed by atoms with Gasteiger partial charge in [0.25, 0.3) is 0 Å². The Hall–Kier alpha value is -1.20. The fourth-order valence-corrected chi connectivity index (χ4v) is 0.791. The Kier molecular flexibility index (Phi) is 2.96. The van der Waals surface area contributed by atoms with Gasteiger partial charge in [0, 0.05) is 5.56 Å². The van der Waals surface area contributed by atoms with Gasteiger partial charge in [-0.1, -0.05) is 28.8 Å². The minimum atomic E-state index is -1.58. The molecule has 5 heteroatoms. The van der Waals surface area contributed by atoms with Gasteiger partial charge in [0.15, 0.2) is 0 Å². The van der Waals surface area contributed by atoms with E-state index in [1.54, 1.807) is 0 Å². The second-order valence-corrected chi connectivity index (χ2v) is 2.23. The summed E-state index contributed by atoms with van der Waals surface area (Å²) in [5.74, 6) is 0. The highest BCUT2D eigenvalue weighted by atomic mass is 19.3. The van der Waals surface area contributed by atoms with Gasteiger partial charge in [0.1, 0.15) is 6.29 Å². The molecule has 62 valence electrons. The number of hydrogen-bond acceptors (Lipinski definition) is 3. The average molecular weight is 168 g/mol. The van der Waals surface area contributed by atoms with Crippen molar-refractivity contribution >= 4 is 18.9 Å². The van der Waals surface area contributed by atoms with Crippen LogP contribution >= 0.6 is 0 Å². The van der Waals surface area contributed by atoms with E-state index in [9.17, 15) is 9.32 Å². The molecule has 0 bridgehead atoms. The van der Waals surface area contributed by atoms with E-state index in [0.717, 1.165) is 0 Å². The molecule has 0 unspecified atom stereocenters. The molecule has 0 saturated heterocycles. The fourth-order valence-electron chi connectivity index (χ4n) is 0.791. The predicted molar refractivity (Wildman–Crippen MR) is 41.6 cm³/mol. The van der Waals surface area contributed by atoms with E-state index in [1.165, 1.54) is 24.3 Å². The summed E-state index contributed by atoms with van der Waals surface area (Å²) < 4.78 is 11.4. The molecular formula is C7H6BFO3. The third-order valence-corrected chi connectivity index (χ3v) is 1.44. The van der Waals surface area contributed by atoms with Gasteiger partial charge in [0.05, 0.1) is 0 Å². The maximum atomic E-state index is 11.4. The number of hydrogen-bond donors (Lipinski definition) is 1. The van der Waals surface area contributed by atoms with Gasteiger partial charge in [0.2, 0.25) is 0 Å².